The largest absolute Gasteiger partial charge is 0.460 e. The maximum absolute atomic E-state index is 12.2. The summed E-state index contributed by atoms with van der Waals surface area (Å²) in [6.45, 7) is 3.28. The Morgan fingerprint density at radius 2 is 1.70 bits per heavy atom. The van der Waals surface area contributed by atoms with E-state index >= 15 is 0 Å². The molecule has 3 nitrogen and oxygen atoms in total. The Labute approximate surface area is 120 Å². The van der Waals surface area contributed by atoms with E-state index in [0.29, 0.717) is 25.4 Å². The summed E-state index contributed by atoms with van der Waals surface area (Å²) < 4.78 is 10.5. The molecule has 0 spiro atoms. The Kier molecular flexibility index (Phi) is 5.56. The van der Waals surface area contributed by atoms with E-state index in [9.17, 15) is 4.79 Å². The highest BCUT2D eigenvalue weighted by Gasteiger charge is 2.20. The third-order valence-corrected chi connectivity index (χ3v) is 3.16. The topological polar surface area (TPSA) is 35.5 Å². The number of ether oxygens (including phenoxy) is 2. The first-order valence-corrected chi connectivity index (χ1v) is 6.98. The minimum atomic E-state index is -0.264. The summed E-state index contributed by atoms with van der Waals surface area (Å²) in [6.07, 6.45) is 17.9. The van der Waals surface area contributed by atoms with Crippen molar-refractivity contribution in [3.05, 3.63) is 60.3 Å². The average Bonchev–Trinajstić information content (AvgIpc) is 3.13. The molecule has 0 bridgehead atoms. The molecular formula is C17H20O3. The van der Waals surface area contributed by atoms with E-state index < -0.39 is 0 Å². The Bertz CT molecular complexity index is 456. The first kappa shape index (κ1) is 14.5. The first-order valence-electron chi connectivity index (χ1n) is 6.98. The van der Waals surface area contributed by atoms with Crippen molar-refractivity contribution in [3.8, 4) is 0 Å². The Balaban J connectivity index is 2.00. The minimum Gasteiger partial charge on any atom is -0.460 e. The lowest BCUT2D eigenvalue weighted by atomic mass is 9.96. The predicted octanol–water partition coefficient (Wildman–Crippen LogP) is 2.98. The van der Waals surface area contributed by atoms with Gasteiger partial charge in [0.15, 0.2) is 0 Å². The lowest BCUT2D eigenvalue weighted by Gasteiger charge is -2.13. The normalized spacial score (nSPS) is 18.4. The van der Waals surface area contributed by atoms with Gasteiger partial charge >= 0.3 is 5.97 Å². The van der Waals surface area contributed by atoms with Crippen molar-refractivity contribution in [1.29, 1.82) is 0 Å². The minimum absolute atomic E-state index is 0.0111. The standard InChI is InChI=1S/C17H20O3/c1-2-19-11-12-20-17(18)16(15-9-5-6-10-15)13-14-7-3-4-8-14/h3-10,13-15H,2,11-12H2,1H3. The van der Waals surface area contributed by atoms with Crippen LogP contribution in [0.25, 0.3) is 0 Å². The van der Waals surface area contributed by atoms with Crippen molar-refractivity contribution in [1.82, 2.24) is 0 Å². The molecule has 0 amide bonds. The van der Waals surface area contributed by atoms with Crippen LogP contribution in [-0.4, -0.2) is 25.8 Å². The average molecular weight is 272 g/mol. The summed E-state index contributed by atoms with van der Waals surface area (Å²) >= 11 is 0. The van der Waals surface area contributed by atoms with Gasteiger partial charge in [0.05, 0.1) is 6.61 Å². The maximum Gasteiger partial charge on any atom is 0.334 e. The highest BCUT2D eigenvalue weighted by molar-refractivity contribution is 5.90. The van der Waals surface area contributed by atoms with Gasteiger partial charge in [-0.1, -0.05) is 54.7 Å². The van der Waals surface area contributed by atoms with Gasteiger partial charge < -0.3 is 9.47 Å². The number of allylic oxidation sites excluding steroid dienone is 9. The van der Waals surface area contributed by atoms with Crippen LogP contribution in [0.5, 0.6) is 0 Å². The van der Waals surface area contributed by atoms with Crippen LogP contribution in [0, 0.1) is 11.8 Å². The number of hydrogen-bond donors (Lipinski definition) is 0. The van der Waals surface area contributed by atoms with Gasteiger partial charge in [-0.15, -0.1) is 0 Å². The van der Waals surface area contributed by atoms with E-state index in [1.165, 1.54) is 0 Å². The molecule has 0 N–H and O–H groups in total. The molecule has 106 valence electrons. The molecule has 0 aliphatic heterocycles. The summed E-state index contributed by atoms with van der Waals surface area (Å²) in [5, 5.41) is 0. The predicted molar refractivity (Wildman–Crippen MR) is 79.1 cm³/mol. The van der Waals surface area contributed by atoms with Crippen LogP contribution in [0.15, 0.2) is 60.3 Å². The summed E-state index contributed by atoms with van der Waals surface area (Å²) in [5.41, 5.74) is 0.688. The molecule has 3 heteroatoms. The number of carbonyl (C=O) groups excluding carboxylic acids is 1. The summed E-state index contributed by atoms with van der Waals surface area (Å²) in [4.78, 5) is 12.2. The highest BCUT2D eigenvalue weighted by Crippen LogP contribution is 2.24. The lowest BCUT2D eigenvalue weighted by Crippen LogP contribution is -2.17. The molecule has 0 fully saturated rings. The van der Waals surface area contributed by atoms with Gasteiger partial charge in [-0.3, -0.25) is 0 Å². The monoisotopic (exact) mass is 272 g/mol. The van der Waals surface area contributed by atoms with Crippen LogP contribution < -0.4 is 0 Å². The van der Waals surface area contributed by atoms with Gasteiger partial charge in [0.25, 0.3) is 0 Å². The molecule has 0 aromatic rings. The van der Waals surface area contributed by atoms with Crippen molar-refractivity contribution in [2.45, 2.75) is 6.92 Å². The summed E-state index contributed by atoms with van der Waals surface area (Å²) in [7, 11) is 0. The molecule has 20 heavy (non-hydrogen) atoms. The van der Waals surface area contributed by atoms with Crippen LogP contribution in [0.2, 0.25) is 0 Å². The molecule has 0 radical (unpaired) electrons. The third-order valence-electron chi connectivity index (χ3n) is 3.16. The number of hydrogen-bond acceptors (Lipinski definition) is 3. The quantitative estimate of drug-likeness (QED) is 0.406. The zero-order valence-electron chi connectivity index (χ0n) is 11.7. The number of rotatable bonds is 7. The first-order chi connectivity index (χ1) is 9.81. The van der Waals surface area contributed by atoms with Crippen LogP contribution in [0.3, 0.4) is 0 Å². The molecule has 0 heterocycles. The van der Waals surface area contributed by atoms with Gasteiger partial charge in [0.1, 0.15) is 6.61 Å². The van der Waals surface area contributed by atoms with Crippen molar-refractivity contribution < 1.29 is 14.3 Å². The Morgan fingerprint density at radius 3 is 2.35 bits per heavy atom. The highest BCUT2D eigenvalue weighted by atomic mass is 16.6. The number of esters is 1. The van der Waals surface area contributed by atoms with E-state index in [1.807, 2.05) is 49.5 Å². The fourth-order valence-electron chi connectivity index (χ4n) is 2.14. The maximum atomic E-state index is 12.2. The van der Waals surface area contributed by atoms with E-state index in [-0.39, 0.29) is 17.8 Å². The van der Waals surface area contributed by atoms with Crippen LogP contribution in [0.1, 0.15) is 6.92 Å². The molecule has 0 saturated heterocycles. The Hall–Kier alpha value is -1.87. The fourth-order valence-corrected chi connectivity index (χ4v) is 2.14. The molecule has 0 aromatic heterocycles. The van der Waals surface area contributed by atoms with Crippen molar-refractivity contribution in [2.75, 3.05) is 19.8 Å². The zero-order valence-corrected chi connectivity index (χ0v) is 11.7. The van der Waals surface area contributed by atoms with Crippen LogP contribution >= 0.6 is 0 Å². The van der Waals surface area contributed by atoms with Crippen molar-refractivity contribution in [3.63, 3.8) is 0 Å². The second-order valence-corrected chi connectivity index (χ2v) is 4.60. The van der Waals surface area contributed by atoms with E-state index in [0.717, 1.165) is 0 Å². The molecule has 2 aliphatic carbocycles. The second-order valence-electron chi connectivity index (χ2n) is 4.60. The van der Waals surface area contributed by atoms with Crippen LogP contribution in [-0.2, 0) is 14.3 Å². The molecule has 0 unspecified atom stereocenters. The summed E-state index contributed by atoms with van der Waals surface area (Å²) in [6, 6.07) is 0. The van der Waals surface area contributed by atoms with E-state index in [1.54, 1.807) is 0 Å². The Morgan fingerprint density at radius 1 is 1.05 bits per heavy atom. The fraction of sp³-hybridized carbons (Fsp3) is 0.353. The lowest BCUT2D eigenvalue weighted by molar-refractivity contribution is -0.140. The number of carbonyl (C=O) groups is 1. The third kappa shape index (κ3) is 4.07. The van der Waals surface area contributed by atoms with Gasteiger partial charge in [0.2, 0.25) is 0 Å². The van der Waals surface area contributed by atoms with Gasteiger partial charge in [-0.2, -0.15) is 0 Å². The molecule has 0 atom stereocenters. The van der Waals surface area contributed by atoms with E-state index in [2.05, 4.69) is 12.2 Å². The summed E-state index contributed by atoms with van der Waals surface area (Å²) in [5.74, 6) is -0.0801. The van der Waals surface area contributed by atoms with Gasteiger partial charge in [-0.25, -0.2) is 4.79 Å². The second kappa shape index (κ2) is 7.65. The molecule has 2 rings (SSSR count). The van der Waals surface area contributed by atoms with Gasteiger partial charge in [0, 0.05) is 24.0 Å². The molecule has 2 aliphatic rings. The molecule has 0 aromatic carbocycles. The van der Waals surface area contributed by atoms with Crippen LogP contribution in [0.4, 0.5) is 0 Å². The van der Waals surface area contributed by atoms with E-state index in [4.69, 9.17) is 9.47 Å². The molecular weight excluding hydrogens is 252 g/mol. The van der Waals surface area contributed by atoms with Crippen molar-refractivity contribution in [2.24, 2.45) is 11.8 Å². The SMILES string of the molecule is CCOCCOC(=O)C(=CC1C=CC=C1)C1C=CC=C1. The smallest absolute Gasteiger partial charge is 0.334 e. The molecule has 0 saturated carbocycles. The zero-order chi connectivity index (χ0) is 14.2. The van der Waals surface area contributed by atoms with Crippen molar-refractivity contribution >= 4 is 5.97 Å². The van der Waals surface area contributed by atoms with Gasteiger partial charge in [-0.05, 0) is 6.92 Å².